The maximum Gasteiger partial charge on any atom is 0.256 e. The van der Waals surface area contributed by atoms with Gasteiger partial charge in [0.1, 0.15) is 5.65 Å². The first-order chi connectivity index (χ1) is 15.0. The van der Waals surface area contributed by atoms with Gasteiger partial charge in [0.05, 0.1) is 22.4 Å². The van der Waals surface area contributed by atoms with Gasteiger partial charge in [0.2, 0.25) is 0 Å². The molecule has 0 atom stereocenters. The molecule has 0 fully saturated rings. The number of nitrogens with one attached hydrogen (secondary N) is 2. The highest BCUT2D eigenvalue weighted by atomic mass is 35.5. The Labute approximate surface area is 183 Å². The molecule has 31 heavy (non-hydrogen) atoms. The Morgan fingerprint density at radius 2 is 1.81 bits per heavy atom. The number of benzene rings is 2. The lowest BCUT2D eigenvalue weighted by atomic mass is 9.97. The number of H-pyrrole nitrogens is 2. The Morgan fingerprint density at radius 1 is 1.00 bits per heavy atom. The minimum atomic E-state index is -0.157. The van der Waals surface area contributed by atoms with Crippen molar-refractivity contribution < 1.29 is 0 Å². The van der Waals surface area contributed by atoms with E-state index in [1.54, 1.807) is 6.20 Å². The number of rotatable bonds is 3. The molecule has 0 saturated carbocycles. The Morgan fingerprint density at radius 3 is 2.58 bits per heavy atom. The van der Waals surface area contributed by atoms with Crippen LogP contribution >= 0.6 is 11.6 Å². The molecule has 0 bridgehead atoms. The fraction of sp³-hybridized carbons (Fsp3) is 0.0800. The Balaban J connectivity index is 1.84. The third kappa shape index (κ3) is 3.53. The quantitative estimate of drug-likeness (QED) is 0.360. The van der Waals surface area contributed by atoms with Gasteiger partial charge in [-0.3, -0.25) is 9.89 Å². The first kappa shape index (κ1) is 19.3. The summed E-state index contributed by atoms with van der Waals surface area (Å²) in [6.45, 7) is 3.93. The predicted molar refractivity (Wildman–Crippen MR) is 127 cm³/mol. The molecule has 2 N–H and O–H groups in total. The molecule has 5 rings (SSSR count). The van der Waals surface area contributed by atoms with Gasteiger partial charge in [-0.1, -0.05) is 53.6 Å². The van der Waals surface area contributed by atoms with Crippen molar-refractivity contribution in [3.8, 4) is 22.4 Å². The van der Waals surface area contributed by atoms with Crippen molar-refractivity contribution in [2.75, 3.05) is 0 Å². The summed E-state index contributed by atoms with van der Waals surface area (Å²) < 4.78 is 0. The van der Waals surface area contributed by atoms with E-state index in [0.29, 0.717) is 16.2 Å². The van der Waals surface area contributed by atoms with Gasteiger partial charge in [0, 0.05) is 27.5 Å². The molecule has 0 aliphatic heterocycles. The number of aromatic amines is 2. The minimum Gasteiger partial charge on any atom is -0.306 e. The molecule has 3 heterocycles. The van der Waals surface area contributed by atoms with E-state index in [9.17, 15) is 4.79 Å². The summed E-state index contributed by atoms with van der Waals surface area (Å²) >= 11 is 6.53. The van der Waals surface area contributed by atoms with Gasteiger partial charge >= 0.3 is 0 Å². The molecule has 3 aromatic heterocycles. The van der Waals surface area contributed by atoms with E-state index in [2.05, 4.69) is 21.2 Å². The SMILES string of the molecule is CC(C)=Cc1cc2cc(-c3cc(Cl)c4[nH]ncc4c3)c(-c3ccccc3)nc2[nH]c1=O. The number of pyridine rings is 2. The van der Waals surface area contributed by atoms with Crippen LogP contribution in [0.5, 0.6) is 0 Å². The largest absolute Gasteiger partial charge is 0.306 e. The topological polar surface area (TPSA) is 74.4 Å². The molecule has 0 radical (unpaired) electrons. The van der Waals surface area contributed by atoms with Gasteiger partial charge in [0.25, 0.3) is 5.56 Å². The second-order valence-corrected chi connectivity index (χ2v) is 8.16. The van der Waals surface area contributed by atoms with Crippen LogP contribution in [0.25, 0.3) is 50.4 Å². The summed E-state index contributed by atoms with van der Waals surface area (Å²) in [5.74, 6) is 0. The lowest BCUT2D eigenvalue weighted by molar-refractivity contribution is 1.12. The first-order valence-corrected chi connectivity index (χ1v) is 10.3. The van der Waals surface area contributed by atoms with Crippen LogP contribution in [0, 0.1) is 0 Å². The normalized spacial score (nSPS) is 11.2. The summed E-state index contributed by atoms with van der Waals surface area (Å²) in [6.07, 6.45) is 3.63. The third-order valence-corrected chi connectivity index (χ3v) is 5.46. The number of nitrogens with zero attached hydrogens (tertiary/aromatic N) is 2. The zero-order chi connectivity index (χ0) is 21.5. The van der Waals surface area contributed by atoms with Gasteiger partial charge < -0.3 is 4.98 Å². The predicted octanol–water partition coefficient (Wildman–Crippen LogP) is 6.21. The van der Waals surface area contributed by atoms with E-state index in [1.807, 2.05) is 68.5 Å². The number of fused-ring (bicyclic) bond motifs is 2. The van der Waals surface area contributed by atoms with E-state index in [-0.39, 0.29) is 5.56 Å². The molecule has 2 aromatic carbocycles. The number of halogens is 1. The van der Waals surface area contributed by atoms with Crippen molar-refractivity contribution in [2.24, 2.45) is 0 Å². The average molecular weight is 427 g/mol. The molecule has 0 amide bonds. The highest BCUT2D eigenvalue weighted by Gasteiger charge is 2.15. The van der Waals surface area contributed by atoms with Crippen molar-refractivity contribution in [3.63, 3.8) is 0 Å². The molecule has 6 heteroatoms. The number of hydrogen-bond donors (Lipinski definition) is 2. The van der Waals surface area contributed by atoms with Crippen LogP contribution in [0.15, 0.2) is 71.2 Å². The highest BCUT2D eigenvalue weighted by molar-refractivity contribution is 6.35. The van der Waals surface area contributed by atoms with Crippen LogP contribution in [0.3, 0.4) is 0 Å². The van der Waals surface area contributed by atoms with Crippen LogP contribution in [-0.2, 0) is 0 Å². The van der Waals surface area contributed by atoms with Crippen LogP contribution in [0.4, 0.5) is 0 Å². The van der Waals surface area contributed by atoms with Crippen LogP contribution in [0.1, 0.15) is 19.4 Å². The molecule has 0 saturated heterocycles. The maximum absolute atomic E-state index is 12.6. The van der Waals surface area contributed by atoms with Crippen molar-refractivity contribution >= 4 is 39.6 Å². The molecule has 5 nitrogen and oxygen atoms in total. The van der Waals surface area contributed by atoms with Gasteiger partial charge in [-0.2, -0.15) is 5.10 Å². The average Bonchev–Trinajstić information content (AvgIpc) is 3.23. The van der Waals surface area contributed by atoms with Crippen molar-refractivity contribution in [1.29, 1.82) is 0 Å². The first-order valence-electron chi connectivity index (χ1n) is 9.91. The van der Waals surface area contributed by atoms with E-state index in [1.165, 1.54) is 0 Å². The summed E-state index contributed by atoms with van der Waals surface area (Å²) in [5.41, 5.74) is 6.45. The molecular weight excluding hydrogens is 408 g/mol. The molecule has 152 valence electrons. The summed E-state index contributed by atoms with van der Waals surface area (Å²) in [6, 6.07) is 17.8. The highest BCUT2D eigenvalue weighted by Crippen LogP contribution is 2.36. The molecule has 0 aliphatic carbocycles. The zero-order valence-corrected chi connectivity index (χ0v) is 17.8. The van der Waals surface area contributed by atoms with E-state index < -0.39 is 0 Å². The summed E-state index contributed by atoms with van der Waals surface area (Å²) in [7, 11) is 0. The standard InChI is InChI=1S/C25H19ClN4O/c1-14(2)8-18-10-17-11-20(16-9-19-13-27-30-23(19)21(26)12-16)22(15-6-4-3-5-7-15)28-24(17)29-25(18)31/h3-13H,1-2H3,(H,27,30)(H,28,29,31). The lowest BCUT2D eigenvalue weighted by Crippen LogP contribution is -2.10. The maximum atomic E-state index is 12.6. The van der Waals surface area contributed by atoms with Gasteiger partial charge in [-0.15, -0.1) is 0 Å². The number of aromatic nitrogens is 4. The molecule has 0 unspecified atom stereocenters. The molecule has 5 aromatic rings. The van der Waals surface area contributed by atoms with Crippen molar-refractivity contribution in [3.05, 3.63) is 87.3 Å². The van der Waals surface area contributed by atoms with E-state index in [0.717, 1.165) is 44.2 Å². The fourth-order valence-electron chi connectivity index (χ4n) is 3.78. The zero-order valence-electron chi connectivity index (χ0n) is 17.0. The second kappa shape index (κ2) is 7.52. The lowest BCUT2D eigenvalue weighted by Gasteiger charge is -2.12. The van der Waals surface area contributed by atoms with Gasteiger partial charge in [-0.05, 0) is 43.7 Å². The Bertz CT molecular complexity index is 1530. The Kier molecular flexibility index (Phi) is 4.68. The van der Waals surface area contributed by atoms with Crippen molar-refractivity contribution in [2.45, 2.75) is 13.8 Å². The number of hydrogen-bond acceptors (Lipinski definition) is 3. The van der Waals surface area contributed by atoms with Crippen LogP contribution in [0.2, 0.25) is 5.02 Å². The molecular formula is C25H19ClN4O. The van der Waals surface area contributed by atoms with Crippen molar-refractivity contribution in [1.82, 2.24) is 20.2 Å². The summed E-state index contributed by atoms with van der Waals surface area (Å²) in [5, 5.41) is 9.41. The van der Waals surface area contributed by atoms with E-state index >= 15 is 0 Å². The fourth-order valence-corrected chi connectivity index (χ4v) is 4.04. The van der Waals surface area contributed by atoms with Gasteiger partial charge in [-0.25, -0.2) is 4.98 Å². The van der Waals surface area contributed by atoms with Crippen LogP contribution < -0.4 is 5.56 Å². The molecule has 0 spiro atoms. The summed E-state index contributed by atoms with van der Waals surface area (Å²) in [4.78, 5) is 20.4. The third-order valence-electron chi connectivity index (χ3n) is 5.16. The smallest absolute Gasteiger partial charge is 0.256 e. The van der Waals surface area contributed by atoms with Gasteiger partial charge in [0.15, 0.2) is 0 Å². The van der Waals surface area contributed by atoms with E-state index in [4.69, 9.17) is 16.6 Å². The Hall–Kier alpha value is -3.70. The van der Waals surface area contributed by atoms with Crippen LogP contribution in [-0.4, -0.2) is 20.2 Å². The second-order valence-electron chi connectivity index (χ2n) is 7.76. The minimum absolute atomic E-state index is 0.157. The number of allylic oxidation sites excluding steroid dienone is 1. The molecule has 0 aliphatic rings. The monoisotopic (exact) mass is 426 g/mol.